The van der Waals surface area contributed by atoms with Crippen molar-refractivity contribution in [2.24, 2.45) is 5.14 Å². The zero-order chi connectivity index (χ0) is 16.2. The summed E-state index contributed by atoms with van der Waals surface area (Å²) in [6.07, 6.45) is 0.453. The molecule has 0 unspecified atom stereocenters. The summed E-state index contributed by atoms with van der Waals surface area (Å²) >= 11 is 0. The average molecular weight is 349 g/mol. The number of morpholine rings is 1. The maximum Gasteiger partial charge on any atom is 0.279 e. The van der Waals surface area contributed by atoms with Crippen LogP contribution in [-0.4, -0.2) is 54.0 Å². The number of ether oxygens (including phenoxy) is 1. The number of nitrogens with one attached hydrogen (secondary N) is 1. The summed E-state index contributed by atoms with van der Waals surface area (Å²) in [5.41, 5.74) is 0.817. The van der Waals surface area contributed by atoms with Crippen molar-refractivity contribution in [3.05, 3.63) is 29.8 Å². The predicted molar refractivity (Wildman–Crippen MR) is 80.8 cm³/mol. The predicted octanol–water partition coefficient (Wildman–Crippen LogP) is -0.957. The van der Waals surface area contributed by atoms with Gasteiger partial charge in [0.25, 0.3) is 10.2 Å². The molecule has 1 fully saturated rings. The molecule has 2 rings (SSSR count). The second kappa shape index (κ2) is 7.02. The van der Waals surface area contributed by atoms with Gasteiger partial charge in [-0.05, 0) is 24.1 Å². The van der Waals surface area contributed by atoms with Crippen molar-refractivity contribution in [1.29, 1.82) is 0 Å². The van der Waals surface area contributed by atoms with Crippen molar-refractivity contribution in [2.45, 2.75) is 11.3 Å². The molecule has 0 radical (unpaired) electrons. The summed E-state index contributed by atoms with van der Waals surface area (Å²) in [6, 6.07) is 6.04. The van der Waals surface area contributed by atoms with Crippen molar-refractivity contribution >= 4 is 20.2 Å². The minimum absolute atomic E-state index is 0.0325. The molecule has 0 amide bonds. The van der Waals surface area contributed by atoms with Gasteiger partial charge in [0.2, 0.25) is 10.0 Å². The highest BCUT2D eigenvalue weighted by atomic mass is 32.2. The Kier molecular flexibility index (Phi) is 5.53. The number of sulfonamides is 1. The van der Waals surface area contributed by atoms with Crippen molar-refractivity contribution in [1.82, 2.24) is 9.03 Å². The molecule has 0 atom stereocenters. The largest absolute Gasteiger partial charge is 0.379 e. The Morgan fingerprint density at radius 3 is 2.23 bits per heavy atom. The second-order valence-electron chi connectivity index (χ2n) is 4.85. The second-order valence-corrected chi connectivity index (χ2v) is 8.17. The van der Waals surface area contributed by atoms with Crippen molar-refractivity contribution < 1.29 is 21.6 Å². The van der Waals surface area contributed by atoms with Crippen LogP contribution in [0.4, 0.5) is 0 Å². The molecule has 22 heavy (non-hydrogen) atoms. The van der Waals surface area contributed by atoms with E-state index in [-0.39, 0.29) is 11.4 Å². The van der Waals surface area contributed by atoms with E-state index in [1.165, 1.54) is 16.4 Å². The van der Waals surface area contributed by atoms with Crippen LogP contribution in [0.15, 0.2) is 29.2 Å². The summed E-state index contributed by atoms with van der Waals surface area (Å²) < 4.78 is 55.3. The van der Waals surface area contributed by atoms with Crippen LogP contribution in [0, 0.1) is 0 Å². The van der Waals surface area contributed by atoms with Gasteiger partial charge in [0.1, 0.15) is 0 Å². The van der Waals surface area contributed by atoms with Gasteiger partial charge in [0, 0.05) is 19.6 Å². The molecule has 0 bridgehead atoms. The molecule has 0 saturated carbocycles. The maximum atomic E-state index is 12.0. The maximum absolute atomic E-state index is 12.0. The molecule has 0 aromatic heterocycles. The van der Waals surface area contributed by atoms with Crippen LogP contribution in [0.5, 0.6) is 0 Å². The summed E-state index contributed by atoms with van der Waals surface area (Å²) in [5, 5.41) is 5.01. The molecule has 1 aromatic carbocycles. The first-order chi connectivity index (χ1) is 10.3. The van der Waals surface area contributed by atoms with E-state index in [4.69, 9.17) is 9.88 Å². The average Bonchev–Trinajstić information content (AvgIpc) is 2.48. The highest BCUT2D eigenvalue weighted by Crippen LogP contribution is 2.09. The lowest BCUT2D eigenvalue weighted by molar-refractivity contribution is 0.0725. The number of primary sulfonamides is 1. The molecular formula is C12H19N3O5S2. The van der Waals surface area contributed by atoms with Gasteiger partial charge in [-0.3, -0.25) is 0 Å². The smallest absolute Gasteiger partial charge is 0.279 e. The Morgan fingerprint density at radius 2 is 1.68 bits per heavy atom. The van der Waals surface area contributed by atoms with E-state index in [1.807, 2.05) is 0 Å². The normalized spacial score (nSPS) is 17.5. The number of hydrogen-bond acceptors (Lipinski definition) is 5. The zero-order valence-electron chi connectivity index (χ0n) is 11.9. The Bertz CT molecular complexity index is 695. The SMILES string of the molecule is NS(=O)(=O)c1ccc(CCNS(=O)(=O)N2CCOCC2)cc1. The summed E-state index contributed by atoms with van der Waals surface area (Å²) in [4.78, 5) is 0.0325. The third-order valence-corrected chi connectivity index (χ3v) is 5.80. The van der Waals surface area contributed by atoms with Crippen molar-refractivity contribution in [3.63, 3.8) is 0 Å². The van der Waals surface area contributed by atoms with Crippen LogP contribution in [0.2, 0.25) is 0 Å². The van der Waals surface area contributed by atoms with Gasteiger partial charge in [0.15, 0.2) is 0 Å². The van der Waals surface area contributed by atoms with Crippen LogP contribution in [0.3, 0.4) is 0 Å². The molecule has 1 aliphatic heterocycles. The molecule has 3 N–H and O–H groups in total. The lowest BCUT2D eigenvalue weighted by Crippen LogP contribution is -2.47. The Balaban J connectivity index is 1.88. The quantitative estimate of drug-likeness (QED) is 0.686. The van der Waals surface area contributed by atoms with Gasteiger partial charge in [-0.2, -0.15) is 12.7 Å². The first-order valence-electron chi connectivity index (χ1n) is 6.73. The highest BCUT2D eigenvalue weighted by molar-refractivity contribution is 7.89. The standard InChI is InChI=1S/C12H19N3O5S2/c13-21(16,17)12-3-1-11(2-4-12)5-6-14-22(18,19)15-7-9-20-10-8-15/h1-4,14H,5-10H2,(H2,13,16,17). The first-order valence-corrected chi connectivity index (χ1v) is 9.72. The number of rotatable bonds is 6. The van der Waals surface area contributed by atoms with Crippen molar-refractivity contribution in [3.8, 4) is 0 Å². The fourth-order valence-corrected chi connectivity index (χ4v) is 3.74. The third-order valence-electron chi connectivity index (χ3n) is 3.26. The van der Waals surface area contributed by atoms with Crippen LogP contribution >= 0.6 is 0 Å². The fourth-order valence-electron chi connectivity index (χ4n) is 2.05. The molecule has 1 saturated heterocycles. The number of benzene rings is 1. The van der Waals surface area contributed by atoms with E-state index in [0.29, 0.717) is 32.7 Å². The third kappa shape index (κ3) is 4.73. The monoisotopic (exact) mass is 349 g/mol. The fraction of sp³-hybridized carbons (Fsp3) is 0.500. The minimum atomic E-state index is -3.71. The number of nitrogens with zero attached hydrogens (tertiary/aromatic N) is 1. The van der Waals surface area contributed by atoms with Gasteiger partial charge in [-0.25, -0.2) is 18.3 Å². The summed E-state index contributed by atoms with van der Waals surface area (Å²) in [6.45, 7) is 1.72. The lowest BCUT2D eigenvalue weighted by atomic mass is 10.2. The molecule has 124 valence electrons. The van der Waals surface area contributed by atoms with Gasteiger partial charge >= 0.3 is 0 Å². The molecule has 1 aromatic rings. The van der Waals surface area contributed by atoms with E-state index < -0.39 is 20.2 Å². The summed E-state index contributed by atoms with van der Waals surface area (Å²) in [5.74, 6) is 0. The van der Waals surface area contributed by atoms with Crippen LogP contribution < -0.4 is 9.86 Å². The molecule has 0 spiro atoms. The lowest BCUT2D eigenvalue weighted by Gasteiger charge is -2.26. The minimum Gasteiger partial charge on any atom is -0.379 e. The molecule has 10 heteroatoms. The van der Waals surface area contributed by atoms with E-state index >= 15 is 0 Å². The van der Waals surface area contributed by atoms with Crippen LogP contribution in [0.1, 0.15) is 5.56 Å². The Labute approximate surface area is 130 Å². The van der Waals surface area contributed by atoms with Crippen LogP contribution in [-0.2, 0) is 31.4 Å². The molecule has 1 heterocycles. The van der Waals surface area contributed by atoms with Gasteiger partial charge in [-0.1, -0.05) is 12.1 Å². The van der Waals surface area contributed by atoms with E-state index in [0.717, 1.165) is 5.56 Å². The Morgan fingerprint density at radius 1 is 1.09 bits per heavy atom. The summed E-state index contributed by atoms with van der Waals surface area (Å²) in [7, 11) is -7.21. The topological polar surface area (TPSA) is 119 Å². The van der Waals surface area contributed by atoms with E-state index in [9.17, 15) is 16.8 Å². The number of nitrogens with two attached hydrogens (primary N) is 1. The number of hydrogen-bond donors (Lipinski definition) is 2. The van der Waals surface area contributed by atoms with E-state index in [2.05, 4.69) is 4.72 Å². The van der Waals surface area contributed by atoms with Gasteiger partial charge in [-0.15, -0.1) is 0 Å². The Hall–Kier alpha value is -1.04. The first kappa shape index (κ1) is 17.3. The molecule has 0 aliphatic carbocycles. The molecule has 8 nitrogen and oxygen atoms in total. The van der Waals surface area contributed by atoms with Gasteiger partial charge < -0.3 is 4.74 Å². The van der Waals surface area contributed by atoms with E-state index in [1.54, 1.807) is 12.1 Å². The highest BCUT2D eigenvalue weighted by Gasteiger charge is 2.23. The molecule has 1 aliphatic rings. The zero-order valence-corrected chi connectivity index (χ0v) is 13.6. The van der Waals surface area contributed by atoms with Crippen LogP contribution in [0.25, 0.3) is 0 Å². The van der Waals surface area contributed by atoms with Gasteiger partial charge in [0.05, 0.1) is 18.1 Å². The molecular weight excluding hydrogens is 330 g/mol. The van der Waals surface area contributed by atoms with Crippen molar-refractivity contribution in [2.75, 3.05) is 32.8 Å².